The van der Waals surface area contributed by atoms with Gasteiger partial charge in [0, 0.05) is 19.4 Å². The van der Waals surface area contributed by atoms with Crippen LogP contribution < -0.4 is 9.46 Å². The highest BCUT2D eigenvalue weighted by molar-refractivity contribution is 7.89. The number of halogens is 3. The first-order valence-corrected chi connectivity index (χ1v) is 9.27. The lowest BCUT2D eigenvalue weighted by Crippen LogP contribution is -2.24. The molecule has 0 fully saturated rings. The summed E-state index contributed by atoms with van der Waals surface area (Å²) in [5, 5.41) is 4.26. The van der Waals surface area contributed by atoms with E-state index in [1.54, 1.807) is 13.1 Å². The van der Waals surface area contributed by atoms with E-state index in [-0.39, 0.29) is 11.4 Å². The highest BCUT2D eigenvalue weighted by Crippen LogP contribution is 2.24. The highest BCUT2D eigenvalue weighted by Gasteiger charge is 2.31. The van der Waals surface area contributed by atoms with Crippen molar-refractivity contribution in [3.8, 4) is 17.1 Å². The van der Waals surface area contributed by atoms with E-state index in [0.717, 1.165) is 24.3 Å². The number of rotatable bonds is 6. The van der Waals surface area contributed by atoms with Gasteiger partial charge in [0.2, 0.25) is 10.0 Å². The van der Waals surface area contributed by atoms with E-state index in [0.29, 0.717) is 17.1 Å². The summed E-state index contributed by atoms with van der Waals surface area (Å²) in [6.07, 6.45) is -0.287. The Morgan fingerprint density at radius 1 is 1.14 bits per heavy atom. The number of aryl methyl sites for hydroxylation is 1. The molecule has 0 aliphatic carbocycles. The van der Waals surface area contributed by atoms with Gasteiger partial charge in [-0.3, -0.25) is 14.6 Å². The molecular weight excluding hydrogens is 399 g/mol. The zero-order chi connectivity index (χ0) is 20.4. The van der Waals surface area contributed by atoms with Gasteiger partial charge in [0.15, 0.2) is 0 Å². The monoisotopic (exact) mass is 413 g/mol. The molecule has 148 valence electrons. The minimum atomic E-state index is -4.85. The molecule has 3 aromatic rings. The second-order valence-electron chi connectivity index (χ2n) is 5.58. The molecule has 2 heterocycles. The standard InChI is InChI=1S/C16H14F3N5O3S/c1-24-11(8-14(23-24)15-10-20-6-7-21-15)9-22-28(25,26)13-4-2-12(3-5-13)27-16(17,18)19/h2-8,10,22H,9H2,1H3. The van der Waals surface area contributed by atoms with Crippen molar-refractivity contribution in [2.75, 3.05) is 0 Å². The third-order valence-electron chi connectivity index (χ3n) is 3.61. The molecule has 0 saturated carbocycles. The van der Waals surface area contributed by atoms with Crippen LogP contribution in [0.5, 0.6) is 5.75 Å². The van der Waals surface area contributed by atoms with Crippen molar-refractivity contribution >= 4 is 10.0 Å². The number of benzene rings is 1. The van der Waals surface area contributed by atoms with Gasteiger partial charge in [-0.25, -0.2) is 13.1 Å². The molecule has 0 spiro atoms. The average Bonchev–Trinajstić information content (AvgIpc) is 3.01. The number of sulfonamides is 1. The minimum absolute atomic E-state index is 0.0765. The summed E-state index contributed by atoms with van der Waals surface area (Å²) >= 11 is 0. The highest BCUT2D eigenvalue weighted by atomic mass is 32.2. The Labute approximate surface area is 158 Å². The molecule has 0 radical (unpaired) electrons. The van der Waals surface area contributed by atoms with Gasteiger partial charge in [-0.15, -0.1) is 13.2 Å². The molecule has 2 aromatic heterocycles. The van der Waals surface area contributed by atoms with E-state index in [4.69, 9.17) is 0 Å². The van der Waals surface area contributed by atoms with Gasteiger partial charge in [0.25, 0.3) is 0 Å². The van der Waals surface area contributed by atoms with E-state index in [1.165, 1.54) is 23.3 Å². The van der Waals surface area contributed by atoms with Crippen LogP contribution >= 0.6 is 0 Å². The molecule has 0 unspecified atom stereocenters. The quantitative estimate of drug-likeness (QED) is 0.666. The molecule has 0 atom stereocenters. The van der Waals surface area contributed by atoms with Crippen LogP contribution in [0.15, 0.2) is 53.8 Å². The predicted molar refractivity (Wildman–Crippen MR) is 91.4 cm³/mol. The second kappa shape index (κ2) is 7.56. The molecule has 0 aliphatic heterocycles. The first-order chi connectivity index (χ1) is 13.1. The van der Waals surface area contributed by atoms with Crippen LogP contribution in [-0.2, 0) is 23.6 Å². The maximum atomic E-state index is 12.4. The van der Waals surface area contributed by atoms with Crippen LogP contribution in [0.4, 0.5) is 13.2 Å². The zero-order valence-electron chi connectivity index (χ0n) is 14.4. The lowest BCUT2D eigenvalue weighted by Gasteiger charge is -2.10. The van der Waals surface area contributed by atoms with Crippen molar-refractivity contribution in [2.45, 2.75) is 17.8 Å². The van der Waals surface area contributed by atoms with Crippen LogP contribution in [0.25, 0.3) is 11.4 Å². The fourth-order valence-corrected chi connectivity index (χ4v) is 3.30. The molecule has 3 rings (SSSR count). The maximum Gasteiger partial charge on any atom is 0.573 e. The van der Waals surface area contributed by atoms with E-state index < -0.39 is 22.1 Å². The van der Waals surface area contributed by atoms with Gasteiger partial charge in [-0.1, -0.05) is 0 Å². The summed E-state index contributed by atoms with van der Waals surface area (Å²) < 4.78 is 68.9. The van der Waals surface area contributed by atoms with Crippen LogP contribution in [0.1, 0.15) is 5.69 Å². The molecule has 0 bridgehead atoms. The van der Waals surface area contributed by atoms with Crippen LogP contribution in [0.2, 0.25) is 0 Å². The Morgan fingerprint density at radius 2 is 1.86 bits per heavy atom. The normalized spacial score (nSPS) is 12.1. The SMILES string of the molecule is Cn1nc(-c2cnccn2)cc1CNS(=O)(=O)c1ccc(OC(F)(F)F)cc1. The van der Waals surface area contributed by atoms with Crippen LogP contribution in [0, 0.1) is 0 Å². The first kappa shape index (κ1) is 19.8. The third kappa shape index (κ3) is 4.84. The van der Waals surface area contributed by atoms with Crippen LogP contribution in [-0.4, -0.2) is 34.5 Å². The number of hydrogen-bond donors (Lipinski definition) is 1. The summed E-state index contributed by atoms with van der Waals surface area (Å²) in [7, 11) is -2.30. The number of nitrogens with zero attached hydrogens (tertiary/aromatic N) is 4. The topological polar surface area (TPSA) is 99.0 Å². The molecular formula is C16H14F3N5O3S. The minimum Gasteiger partial charge on any atom is -0.406 e. The fourth-order valence-electron chi connectivity index (χ4n) is 2.30. The lowest BCUT2D eigenvalue weighted by molar-refractivity contribution is -0.274. The number of alkyl halides is 3. The zero-order valence-corrected chi connectivity index (χ0v) is 15.2. The summed E-state index contributed by atoms with van der Waals surface area (Å²) in [6, 6.07) is 5.57. The summed E-state index contributed by atoms with van der Waals surface area (Å²) in [4.78, 5) is 7.88. The number of hydrogen-bond acceptors (Lipinski definition) is 6. The van der Waals surface area contributed by atoms with E-state index in [9.17, 15) is 21.6 Å². The van der Waals surface area contributed by atoms with Gasteiger partial charge in [-0.05, 0) is 30.3 Å². The Kier molecular flexibility index (Phi) is 5.34. The molecule has 28 heavy (non-hydrogen) atoms. The Hall–Kier alpha value is -2.99. The van der Waals surface area contributed by atoms with Gasteiger partial charge in [0.1, 0.15) is 17.1 Å². The van der Waals surface area contributed by atoms with Crippen molar-refractivity contribution in [2.24, 2.45) is 7.05 Å². The molecule has 8 nitrogen and oxygen atoms in total. The molecule has 1 N–H and O–H groups in total. The Bertz CT molecular complexity index is 1050. The number of ether oxygens (including phenoxy) is 1. The number of aromatic nitrogens is 4. The largest absolute Gasteiger partial charge is 0.573 e. The van der Waals surface area contributed by atoms with Gasteiger partial charge in [0.05, 0.1) is 23.3 Å². The Morgan fingerprint density at radius 3 is 2.46 bits per heavy atom. The summed E-state index contributed by atoms with van der Waals surface area (Å²) in [5.41, 5.74) is 1.62. The average molecular weight is 413 g/mol. The van der Waals surface area contributed by atoms with Crippen LogP contribution in [0.3, 0.4) is 0 Å². The van der Waals surface area contributed by atoms with Crippen molar-refractivity contribution in [1.82, 2.24) is 24.5 Å². The Balaban J connectivity index is 1.71. The lowest BCUT2D eigenvalue weighted by atomic mass is 10.3. The summed E-state index contributed by atoms with van der Waals surface area (Å²) in [5.74, 6) is -0.508. The molecule has 0 aliphatic rings. The maximum absolute atomic E-state index is 12.4. The van der Waals surface area contributed by atoms with E-state index in [2.05, 4.69) is 24.5 Å². The molecule has 12 heteroatoms. The van der Waals surface area contributed by atoms with E-state index in [1.807, 2.05) is 0 Å². The van der Waals surface area contributed by atoms with Crippen molar-refractivity contribution in [3.63, 3.8) is 0 Å². The fraction of sp³-hybridized carbons (Fsp3) is 0.188. The first-order valence-electron chi connectivity index (χ1n) is 7.79. The van der Waals surface area contributed by atoms with Gasteiger partial charge >= 0.3 is 6.36 Å². The summed E-state index contributed by atoms with van der Waals surface area (Å²) in [6.45, 7) is -0.0765. The van der Waals surface area contributed by atoms with Gasteiger partial charge in [-0.2, -0.15) is 5.10 Å². The van der Waals surface area contributed by atoms with Crippen molar-refractivity contribution in [3.05, 3.63) is 54.6 Å². The van der Waals surface area contributed by atoms with Gasteiger partial charge < -0.3 is 4.74 Å². The number of nitrogens with one attached hydrogen (secondary N) is 1. The molecule has 0 saturated heterocycles. The van der Waals surface area contributed by atoms with Crippen molar-refractivity contribution in [1.29, 1.82) is 0 Å². The third-order valence-corrected chi connectivity index (χ3v) is 5.03. The second-order valence-corrected chi connectivity index (χ2v) is 7.35. The van der Waals surface area contributed by atoms with E-state index >= 15 is 0 Å². The molecule has 1 aromatic carbocycles. The molecule has 0 amide bonds. The smallest absolute Gasteiger partial charge is 0.406 e. The van der Waals surface area contributed by atoms with Crippen molar-refractivity contribution < 1.29 is 26.3 Å². The predicted octanol–water partition coefficient (Wildman–Crippen LogP) is 2.25.